The lowest BCUT2D eigenvalue weighted by Gasteiger charge is -2.48. The smallest absolute Gasteiger partial charge is 0.145 e. The van der Waals surface area contributed by atoms with E-state index in [1.165, 1.54) is 18.5 Å². The first-order chi connectivity index (χ1) is 10.2. The molecule has 0 unspecified atom stereocenters. The number of fused-ring (bicyclic) bond motifs is 1. The van der Waals surface area contributed by atoms with Gasteiger partial charge in [-0.1, -0.05) is 13.8 Å². The van der Waals surface area contributed by atoms with Crippen LogP contribution in [0.4, 0.5) is 11.4 Å². The van der Waals surface area contributed by atoms with E-state index in [1.54, 1.807) is 0 Å². The fourth-order valence-electron chi connectivity index (χ4n) is 3.57. The SMILES string of the molecule is CCC1(CC)CN(C2CCNCC2)c2ccc(N)cc2O1. The molecular formula is C17H27N3O. The molecule has 116 valence electrons. The third kappa shape index (κ3) is 2.69. The molecule has 0 amide bonds. The van der Waals surface area contributed by atoms with Crippen molar-refractivity contribution in [1.29, 1.82) is 0 Å². The molecule has 3 rings (SSSR count). The van der Waals surface area contributed by atoms with Gasteiger partial charge in [0.05, 0.1) is 12.2 Å². The van der Waals surface area contributed by atoms with Gasteiger partial charge in [0.25, 0.3) is 0 Å². The number of rotatable bonds is 3. The molecule has 4 heteroatoms. The summed E-state index contributed by atoms with van der Waals surface area (Å²) in [7, 11) is 0. The van der Waals surface area contributed by atoms with Crippen molar-refractivity contribution in [1.82, 2.24) is 5.32 Å². The Morgan fingerprint density at radius 2 is 2.00 bits per heavy atom. The van der Waals surface area contributed by atoms with E-state index in [2.05, 4.69) is 30.1 Å². The number of anilines is 2. The van der Waals surface area contributed by atoms with Crippen molar-refractivity contribution >= 4 is 11.4 Å². The van der Waals surface area contributed by atoms with Crippen LogP contribution in [0.2, 0.25) is 0 Å². The van der Waals surface area contributed by atoms with Gasteiger partial charge in [-0.05, 0) is 50.9 Å². The Kier molecular flexibility index (Phi) is 3.98. The second kappa shape index (κ2) is 5.76. The van der Waals surface area contributed by atoms with E-state index in [1.807, 2.05) is 12.1 Å². The van der Waals surface area contributed by atoms with Crippen LogP contribution in [0.15, 0.2) is 18.2 Å². The molecule has 0 atom stereocenters. The van der Waals surface area contributed by atoms with Gasteiger partial charge in [-0.2, -0.15) is 0 Å². The van der Waals surface area contributed by atoms with Gasteiger partial charge in [-0.15, -0.1) is 0 Å². The normalized spacial score (nSPS) is 21.7. The fourth-order valence-corrected chi connectivity index (χ4v) is 3.57. The van der Waals surface area contributed by atoms with Crippen molar-refractivity contribution in [2.45, 2.75) is 51.2 Å². The van der Waals surface area contributed by atoms with Gasteiger partial charge in [0, 0.05) is 17.8 Å². The summed E-state index contributed by atoms with van der Waals surface area (Å²) in [6.07, 6.45) is 4.46. The molecule has 2 aliphatic heterocycles. The van der Waals surface area contributed by atoms with Crippen LogP contribution in [0, 0.1) is 0 Å². The molecule has 3 N–H and O–H groups in total. The Morgan fingerprint density at radius 3 is 2.67 bits per heavy atom. The number of hydrogen-bond donors (Lipinski definition) is 2. The second-order valence-corrected chi connectivity index (χ2v) is 6.33. The minimum absolute atomic E-state index is 0.0777. The summed E-state index contributed by atoms with van der Waals surface area (Å²) in [6, 6.07) is 6.71. The molecule has 0 aliphatic carbocycles. The third-order valence-electron chi connectivity index (χ3n) is 5.12. The van der Waals surface area contributed by atoms with Crippen molar-refractivity contribution in [2.75, 3.05) is 30.3 Å². The molecule has 1 saturated heterocycles. The molecular weight excluding hydrogens is 262 g/mol. The van der Waals surface area contributed by atoms with Crippen LogP contribution in [-0.4, -0.2) is 31.3 Å². The summed E-state index contributed by atoms with van der Waals surface area (Å²) in [5, 5.41) is 3.46. The number of hydrogen-bond acceptors (Lipinski definition) is 4. The fraction of sp³-hybridized carbons (Fsp3) is 0.647. The minimum atomic E-state index is -0.0777. The molecule has 1 aromatic carbocycles. The summed E-state index contributed by atoms with van der Waals surface area (Å²) in [6.45, 7) is 7.65. The van der Waals surface area contributed by atoms with Gasteiger partial charge in [0.15, 0.2) is 0 Å². The maximum atomic E-state index is 6.38. The lowest BCUT2D eigenvalue weighted by atomic mass is 9.91. The monoisotopic (exact) mass is 289 g/mol. The first-order valence-electron chi connectivity index (χ1n) is 8.23. The zero-order valence-electron chi connectivity index (χ0n) is 13.2. The van der Waals surface area contributed by atoms with Crippen LogP contribution in [0.3, 0.4) is 0 Å². The lowest BCUT2D eigenvalue weighted by molar-refractivity contribution is 0.0538. The van der Waals surface area contributed by atoms with Gasteiger partial charge in [0.1, 0.15) is 11.4 Å². The Hall–Kier alpha value is -1.42. The van der Waals surface area contributed by atoms with Gasteiger partial charge < -0.3 is 20.7 Å². The number of piperidine rings is 1. The topological polar surface area (TPSA) is 50.5 Å². The van der Waals surface area contributed by atoms with Crippen LogP contribution < -0.4 is 20.7 Å². The summed E-state index contributed by atoms with van der Waals surface area (Å²) >= 11 is 0. The van der Waals surface area contributed by atoms with Crippen LogP contribution >= 0.6 is 0 Å². The van der Waals surface area contributed by atoms with Gasteiger partial charge >= 0.3 is 0 Å². The van der Waals surface area contributed by atoms with E-state index in [9.17, 15) is 0 Å². The number of nitrogens with zero attached hydrogens (tertiary/aromatic N) is 1. The van der Waals surface area contributed by atoms with Crippen molar-refractivity contribution in [3.8, 4) is 5.75 Å². The van der Waals surface area contributed by atoms with Crippen LogP contribution in [0.1, 0.15) is 39.5 Å². The first-order valence-corrected chi connectivity index (χ1v) is 8.23. The Balaban J connectivity index is 1.97. The molecule has 0 aromatic heterocycles. The van der Waals surface area contributed by atoms with Crippen LogP contribution in [0.25, 0.3) is 0 Å². The summed E-state index contributed by atoms with van der Waals surface area (Å²) in [5.74, 6) is 0.962. The van der Waals surface area contributed by atoms with Crippen molar-refractivity contribution in [2.24, 2.45) is 0 Å². The Morgan fingerprint density at radius 1 is 1.29 bits per heavy atom. The van der Waals surface area contributed by atoms with Crippen molar-refractivity contribution < 1.29 is 4.74 Å². The zero-order valence-corrected chi connectivity index (χ0v) is 13.2. The number of ether oxygens (including phenoxy) is 1. The molecule has 0 spiro atoms. The van der Waals surface area contributed by atoms with Gasteiger partial charge in [0.2, 0.25) is 0 Å². The van der Waals surface area contributed by atoms with E-state index >= 15 is 0 Å². The molecule has 0 saturated carbocycles. The average molecular weight is 289 g/mol. The molecule has 1 aromatic rings. The lowest BCUT2D eigenvalue weighted by Crippen LogP contribution is -2.55. The Labute approximate surface area is 127 Å². The quantitative estimate of drug-likeness (QED) is 0.840. The molecule has 2 aliphatic rings. The van der Waals surface area contributed by atoms with Gasteiger partial charge in [-0.3, -0.25) is 0 Å². The van der Waals surface area contributed by atoms with Crippen LogP contribution in [-0.2, 0) is 0 Å². The average Bonchev–Trinajstić information content (AvgIpc) is 2.54. The van der Waals surface area contributed by atoms with Crippen LogP contribution in [0.5, 0.6) is 5.75 Å². The summed E-state index contributed by atoms with van der Waals surface area (Å²) in [5.41, 5.74) is 7.89. The first kappa shape index (κ1) is 14.5. The predicted octanol–water partition coefficient (Wildman–Crippen LogP) is 2.78. The molecule has 1 fully saturated rings. The number of benzene rings is 1. The van der Waals surface area contributed by atoms with Gasteiger partial charge in [-0.25, -0.2) is 0 Å². The molecule has 21 heavy (non-hydrogen) atoms. The van der Waals surface area contributed by atoms with E-state index in [0.29, 0.717) is 6.04 Å². The molecule has 0 bridgehead atoms. The van der Waals surface area contributed by atoms with E-state index in [0.717, 1.165) is 43.9 Å². The number of nitrogens with one attached hydrogen (secondary N) is 1. The number of nitrogen functional groups attached to an aromatic ring is 1. The standard InChI is InChI=1S/C17H27N3O/c1-3-17(4-2)12-20(14-7-9-19-10-8-14)15-6-5-13(18)11-16(15)21-17/h5-6,11,14,19H,3-4,7-10,12,18H2,1-2H3. The van der Waals surface area contributed by atoms with Crippen molar-refractivity contribution in [3.63, 3.8) is 0 Å². The maximum absolute atomic E-state index is 6.38. The predicted molar refractivity (Wildman–Crippen MR) is 88.0 cm³/mol. The Bertz CT molecular complexity index is 493. The van der Waals surface area contributed by atoms with Crippen molar-refractivity contribution in [3.05, 3.63) is 18.2 Å². The summed E-state index contributed by atoms with van der Waals surface area (Å²) < 4.78 is 6.38. The highest BCUT2D eigenvalue weighted by molar-refractivity contribution is 5.66. The second-order valence-electron chi connectivity index (χ2n) is 6.33. The summed E-state index contributed by atoms with van der Waals surface area (Å²) in [4.78, 5) is 2.58. The third-order valence-corrected chi connectivity index (χ3v) is 5.12. The highest BCUT2D eigenvalue weighted by Gasteiger charge is 2.39. The van der Waals surface area contributed by atoms with E-state index in [4.69, 9.17) is 10.5 Å². The minimum Gasteiger partial charge on any atom is -0.483 e. The molecule has 2 heterocycles. The molecule has 4 nitrogen and oxygen atoms in total. The highest BCUT2D eigenvalue weighted by atomic mass is 16.5. The molecule has 0 radical (unpaired) electrons. The zero-order chi connectivity index (χ0) is 14.9. The largest absolute Gasteiger partial charge is 0.483 e. The highest BCUT2D eigenvalue weighted by Crippen LogP contribution is 2.42. The van der Waals surface area contributed by atoms with E-state index < -0.39 is 0 Å². The van der Waals surface area contributed by atoms with E-state index in [-0.39, 0.29) is 5.60 Å². The number of nitrogens with two attached hydrogens (primary N) is 1. The maximum Gasteiger partial charge on any atom is 0.145 e.